The van der Waals surface area contributed by atoms with E-state index in [1.807, 2.05) is 0 Å². The van der Waals surface area contributed by atoms with Gasteiger partial charge in [0, 0.05) is 6.61 Å². The highest BCUT2D eigenvalue weighted by molar-refractivity contribution is 6.59. The van der Waals surface area contributed by atoms with E-state index in [0.717, 1.165) is 23.7 Å². The Bertz CT molecular complexity index is 686. The van der Waals surface area contributed by atoms with Gasteiger partial charge in [-0.25, -0.2) is 17.9 Å². The molecule has 0 radical (unpaired) electrons. The van der Waals surface area contributed by atoms with Gasteiger partial charge in [-0.1, -0.05) is 0 Å². The number of benzene rings is 1. The van der Waals surface area contributed by atoms with Crippen LogP contribution in [0.5, 0.6) is 0 Å². The van der Waals surface area contributed by atoms with Crippen LogP contribution in [0.2, 0.25) is 0 Å². The number of fused-ring (bicyclic) bond motifs is 1. The van der Waals surface area contributed by atoms with Gasteiger partial charge in [0.05, 0.1) is 17.0 Å². The lowest BCUT2D eigenvalue weighted by Crippen LogP contribution is -2.37. The number of ether oxygens (including phenoxy) is 1. The van der Waals surface area contributed by atoms with Crippen LogP contribution in [0.25, 0.3) is 10.9 Å². The van der Waals surface area contributed by atoms with Crippen molar-refractivity contribution in [3.63, 3.8) is 0 Å². The summed E-state index contributed by atoms with van der Waals surface area (Å²) in [5.41, 5.74) is -1.49. The van der Waals surface area contributed by atoms with Crippen LogP contribution in [0, 0.1) is 17.5 Å². The Kier molecular flexibility index (Phi) is 3.64. The van der Waals surface area contributed by atoms with Crippen molar-refractivity contribution in [3.8, 4) is 0 Å². The van der Waals surface area contributed by atoms with E-state index in [2.05, 4.69) is 5.10 Å². The Hall–Kier alpha value is -1.58. The second-order valence-electron chi connectivity index (χ2n) is 4.90. The number of halogens is 3. The lowest BCUT2D eigenvalue weighted by molar-refractivity contribution is -0.0369. The highest BCUT2D eigenvalue weighted by Gasteiger charge is 2.31. The third kappa shape index (κ3) is 2.21. The van der Waals surface area contributed by atoms with E-state index in [0.29, 0.717) is 13.0 Å². The molecule has 0 saturated carbocycles. The van der Waals surface area contributed by atoms with Crippen LogP contribution < -0.4 is 5.46 Å². The van der Waals surface area contributed by atoms with Gasteiger partial charge in [0.25, 0.3) is 0 Å². The third-order valence-electron chi connectivity index (χ3n) is 3.59. The third-order valence-corrected chi connectivity index (χ3v) is 3.59. The molecule has 0 amide bonds. The lowest BCUT2D eigenvalue weighted by atomic mass is 9.78. The molecule has 1 aliphatic heterocycles. The van der Waals surface area contributed by atoms with Crippen molar-refractivity contribution in [2.24, 2.45) is 0 Å². The summed E-state index contributed by atoms with van der Waals surface area (Å²) in [6, 6.07) is 0. The van der Waals surface area contributed by atoms with Crippen LogP contribution >= 0.6 is 0 Å². The van der Waals surface area contributed by atoms with Gasteiger partial charge in [0.2, 0.25) is 0 Å². The van der Waals surface area contributed by atoms with Crippen LogP contribution in [0.4, 0.5) is 13.2 Å². The molecule has 1 aromatic carbocycles. The van der Waals surface area contributed by atoms with Crippen LogP contribution in [0.3, 0.4) is 0 Å². The van der Waals surface area contributed by atoms with Crippen molar-refractivity contribution in [2.75, 3.05) is 6.61 Å². The second-order valence-corrected chi connectivity index (χ2v) is 4.90. The summed E-state index contributed by atoms with van der Waals surface area (Å²) < 4.78 is 48.7. The van der Waals surface area contributed by atoms with Crippen molar-refractivity contribution >= 4 is 23.5 Å². The van der Waals surface area contributed by atoms with Crippen molar-refractivity contribution in [1.29, 1.82) is 0 Å². The maximum Gasteiger partial charge on any atom is 0.494 e. The van der Waals surface area contributed by atoms with E-state index >= 15 is 0 Å². The fourth-order valence-electron chi connectivity index (χ4n) is 2.57. The highest BCUT2D eigenvalue weighted by atomic mass is 19.2. The summed E-state index contributed by atoms with van der Waals surface area (Å²) in [4.78, 5) is 0. The van der Waals surface area contributed by atoms with E-state index in [9.17, 15) is 13.2 Å². The van der Waals surface area contributed by atoms with E-state index in [-0.39, 0.29) is 10.9 Å². The van der Waals surface area contributed by atoms with Crippen molar-refractivity contribution in [3.05, 3.63) is 23.6 Å². The summed E-state index contributed by atoms with van der Waals surface area (Å²) in [5.74, 6) is -4.24. The summed E-state index contributed by atoms with van der Waals surface area (Å²) in [5, 5.41) is 21.5. The molecule has 1 aromatic heterocycles. The lowest BCUT2D eigenvalue weighted by Gasteiger charge is -2.23. The summed E-state index contributed by atoms with van der Waals surface area (Å²) in [6.45, 7) is 0.464. The molecular weight excluding hydrogens is 288 g/mol. The van der Waals surface area contributed by atoms with Gasteiger partial charge in [-0.3, -0.25) is 0 Å². The predicted molar refractivity (Wildman–Crippen MR) is 68.3 cm³/mol. The first-order chi connectivity index (χ1) is 10.0. The minimum absolute atomic E-state index is 0.314. The quantitative estimate of drug-likeness (QED) is 0.637. The zero-order chi connectivity index (χ0) is 15.1. The standard InChI is InChI=1S/C12H12BF3N2O3/c14-9-6-5-17-18(7-3-1-2-4-21-7)12(6)11(16)10(15)8(9)13(19)20/h5,7,19-20H,1-4H2. The molecule has 2 aromatic rings. The van der Waals surface area contributed by atoms with Gasteiger partial charge < -0.3 is 14.8 Å². The minimum Gasteiger partial charge on any atom is -0.423 e. The molecule has 9 heteroatoms. The molecule has 2 heterocycles. The number of hydrogen-bond acceptors (Lipinski definition) is 4. The van der Waals surface area contributed by atoms with E-state index in [4.69, 9.17) is 14.8 Å². The first-order valence-electron chi connectivity index (χ1n) is 6.53. The molecule has 1 unspecified atom stereocenters. The summed E-state index contributed by atoms with van der Waals surface area (Å²) in [7, 11) is -2.45. The van der Waals surface area contributed by atoms with Gasteiger partial charge in [-0.15, -0.1) is 0 Å². The van der Waals surface area contributed by atoms with E-state index in [1.54, 1.807) is 0 Å². The first kappa shape index (κ1) is 14.4. The Morgan fingerprint density at radius 1 is 1.19 bits per heavy atom. The monoisotopic (exact) mass is 300 g/mol. The van der Waals surface area contributed by atoms with Gasteiger partial charge in [0.1, 0.15) is 11.3 Å². The molecule has 0 bridgehead atoms. The number of rotatable bonds is 2. The number of hydrogen-bond donors (Lipinski definition) is 2. The van der Waals surface area contributed by atoms with Gasteiger partial charge in [-0.05, 0) is 19.3 Å². The maximum atomic E-state index is 14.2. The zero-order valence-electron chi connectivity index (χ0n) is 10.9. The smallest absolute Gasteiger partial charge is 0.423 e. The fourth-order valence-corrected chi connectivity index (χ4v) is 2.57. The van der Waals surface area contributed by atoms with E-state index in [1.165, 1.54) is 0 Å². The van der Waals surface area contributed by atoms with Gasteiger partial charge in [0.15, 0.2) is 17.9 Å². The molecule has 21 heavy (non-hydrogen) atoms. The van der Waals surface area contributed by atoms with Gasteiger partial charge in [-0.2, -0.15) is 5.10 Å². The Morgan fingerprint density at radius 3 is 2.57 bits per heavy atom. The van der Waals surface area contributed by atoms with Crippen LogP contribution in [0.15, 0.2) is 6.20 Å². The highest BCUT2D eigenvalue weighted by Crippen LogP contribution is 2.29. The largest absolute Gasteiger partial charge is 0.494 e. The topological polar surface area (TPSA) is 67.5 Å². The van der Waals surface area contributed by atoms with Crippen LogP contribution in [-0.4, -0.2) is 33.6 Å². The van der Waals surface area contributed by atoms with Crippen molar-refractivity contribution in [1.82, 2.24) is 9.78 Å². The average molecular weight is 300 g/mol. The molecule has 1 fully saturated rings. The Morgan fingerprint density at radius 2 is 1.95 bits per heavy atom. The van der Waals surface area contributed by atoms with Crippen molar-refractivity contribution in [2.45, 2.75) is 25.5 Å². The van der Waals surface area contributed by atoms with Crippen LogP contribution in [0.1, 0.15) is 25.5 Å². The number of aromatic nitrogens is 2. The summed E-state index contributed by atoms with van der Waals surface area (Å²) >= 11 is 0. The molecule has 112 valence electrons. The van der Waals surface area contributed by atoms with Gasteiger partial charge >= 0.3 is 7.12 Å². The molecule has 1 atom stereocenters. The first-order valence-corrected chi connectivity index (χ1v) is 6.53. The summed E-state index contributed by atoms with van der Waals surface area (Å²) in [6.07, 6.45) is 2.70. The Labute approximate surface area is 118 Å². The zero-order valence-corrected chi connectivity index (χ0v) is 10.9. The van der Waals surface area contributed by atoms with Crippen molar-refractivity contribution < 1.29 is 28.0 Å². The maximum absolute atomic E-state index is 14.2. The normalized spacial score (nSPS) is 19.2. The Balaban J connectivity index is 2.22. The van der Waals surface area contributed by atoms with E-state index < -0.39 is 36.3 Å². The fraction of sp³-hybridized carbons (Fsp3) is 0.417. The molecule has 1 saturated heterocycles. The number of nitrogens with zero attached hydrogens (tertiary/aromatic N) is 2. The SMILES string of the molecule is OB(O)c1c(F)c(F)c2c(cnn2C2CCCCO2)c1F. The molecule has 2 N–H and O–H groups in total. The van der Waals surface area contributed by atoms with Crippen LogP contribution in [-0.2, 0) is 4.74 Å². The second kappa shape index (κ2) is 5.32. The molecule has 0 spiro atoms. The molecular formula is C12H12BF3N2O3. The molecule has 5 nitrogen and oxygen atoms in total. The molecule has 1 aliphatic rings. The molecule has 3 rings (SSSR count). The molecule has 0 aliphatic carbocycles. The minimum atomic E-state index is -2.45. The average Bonchev–Trinajstić information content (AvgIpc) is 2.91. The predicted octanol–water partition coefficient (Wildman–Crippen LogP) is 0.833.